The van der Waals surface area contributed by atoms with Crippen LogP contribution < -0.4 is 9.47 Å². The van der Waals surface area contributed by atoms with Crippen molar-refractivity contribution in [3.63, 3.8) is 0 Å². The van der Waals surface area contributed by atoms with Gasteiger partial charge in [-0.05, 0) is 25.8 Å². The summed E-state index contributed by atoms with van der Waals surface area (Å²) in [4.78, 5) is 24.5. The topological polar surface area (TPSA) is 110 Å². The quantitative estimate of drug-likeness (QED) is 0.530. The molecule has 0 spiro atoms. The second kappa shape index (κ2) is 9.76. The highest BCUT2D eigenvalue weighted by Gasteiger charge is 2.48. The molecule has 0 radical (unpaired) electrons. The number of carbonyl (C=O) groups is 2. The van der Waals surface area contributed by atoms with Gasteiger partial charge in [0.25, 0.3) is 0 Å². The summed E-state index contributed by atoms with van der Waals surface area (Å²) >= 11 is 6.81. The van der Waals surface area contributed by atoms with Crippen LogP contribution in [0, 0.1) is 12.8 Å². The van der Waals surface area contributed by atoms with Gasteiger partial charge in [-0.3, -0.25) is 9.59 Å². The van der Waals surface area contributed by atoms with Crippen molar-refractivity contribution < 1.29 is 33.0 Å². The third-order valence-electron chi connectivity index (χ3n) is 6.47. The third kappa shape index (κ3) is 4.18. The van der Waals surface area contributed by atoms with E-state index >= 15 is 0 Å². The number of halogens is 1. The number of allylic oxidation sites excluding steroid dienone is 1. The minimum atomic E-state index is -1.54. The van der Waals surface area contributed by atoms with E-state index < -0.39 is 11.5 Å². The monoisotopic (exact) mass is 490 g/mol. The Morgan fingerprint density at radius 2 is 1.94 bits per heavy atom. The summed E-state index contributed by atoms with van der Waals surface area (Å²) in [7, 11) is 2.91. The Hall–Kier alpha value is -2.91. The van der Waals surface area contributed by atoms with Gasteiger partial charge in [0.05, 0.1) is 24.8 Å². The fraction of sp³-hybridized carbons (Fsp3) is 0.500. The van der Waals surface area contributed by atoms with Gasteiger partial charge in [0, 0.05) is 43.1 Å². The fourth-order valence-electron chi connectivity index (χ4n) is 4.39. The number of rotatable bonds is 7. The lowest BCUT2D eigenvalue weighted by atomic mass is 9.79. The van der Waals surface area contributed by atoms with Gasteiger partial charge in [-0.25, -0.2) is 0 Å². The van der Waals surface area contributed by atoms with Crippen LogP contribution in [0.15, 0.2) is 22.3 Å². The Morgan fingerprint density at radius 3 is 2.59 bits per heavy atom. The number of carbonyl (C=O) groups excluding carboxylic acids is 2. The number of aldehydes is 1. The molecule has 1 fully saturated rings. The first-order valence-electron chi connectivity index (χ1n) is 11.1. The summed E-state index contributed by atoms with van der Waals surface area (Å²) in [6.45, 7) is 4.80. The van der Waals surface area contributed by atoms with Gasteiger partial charge in [-0.2, -0.15) is 0 Å². The molecule has 0 amide bonds. The van der Waals surface area contributed by atoms with E-state index in [2.05, 4.69) is 10.2 Å². The van der Waals surface area contributed by atoms with Crippen LogP contribution in [0.25, 0.3) is 11.5 Å². The largest absolute Gasteiger partial charge is 0.496 e. The predicted octanol–water partition coefficient (Wildman–Crippen LogP) is 4.06. The van der Waals surface area contributed by atoms with E-state index in [1.54, 1.807) is 19.9 Å². The average Bonchev–Trinajstić information content (AvgIpc) is 3.33. The van der Waals surface area contributed by atoms with Crippen molar-refractivity contribution in [1.29, 1.82) is 0 Å². The van der Waals surface area contributed by atoms with Crippen molar-refractivity contribution >= 4 is 23.7 Å². The maximum Gasteiger partial charge on any atom is 0.249 e. The van der Waals surface area contributed by atoms with Gasteiger partial charge in [-0.1, -0.05) is 18.5 Å². The maximum atomic E-state index is 12.4. The number of hydrogen-bond acceptors (Lipinski definition) is 9. The molecular formula is C24H27ClN2O7. The number of hydrogen-bond donors (Lipinski definition) is 0. The van der Waals surface area contributed by atoms with E-state index in [0.717, 1.165) is 12.8 Å². The lowest BCUT2D eigenvalue weighted by Gasteiger charge is -2.38. The molecule has 2 atom stereocenters. The van der Waals surface area contributed by atoms with E-state index in [4.69, 9.17) is 35.0 Å². The minimum absolute atomic E-state index is 0.116. The summed E-state index contributed by atoms with van der Waals surface area (Å²) in [5.41, 5.74) is -0.558. The normalized spacial score (nSPS) is 23.4. The number of methoxy groups -OCH3 is 2. The van der Waals surface area contributed by atoms with Gasteiger partial charge < -0.3 is 23.4 Å². The SMILES string of the molecule is COC1=CC(=O)C[C@@H](C)[C@]1(C=O)Oc1c(C)c(OC)cc(-c2nnc(C3CCOCC3)o2)c1Cl. The van der Waals surface area contributed by atoms with Crippen molar-refractivity contribution in [2.75, 3.05) is 27.4 Å². The predicted molar refractivity (Wildman–Crippen MR) is 122 cm³/mol. The molecule has 1 aromatic heterocycles. The zero-order chi connectivity index (χ0) is 24.5. The maximum absolute atomic E-state index is 12.4. The first-order chi connectivity index (χ1) is 16.3. The van der Waals surface area contributed by atoms with Crippen molar-refractivity contribution in [2.24, 2.45) is 5.92 Å². The van der Waals surface area contributed by atoms with Gasteiger partial charge in [0.2, 0.25) is 17.4 Å². The van der Waals surface area contributed by atoms with Crippen LogP contribution in [-0.2, 0) is 19.1 Å². The molecule has 2 aromatic rings. The van der Waals surface area contributed by atoms with Crippen LogP contribution >= 0.6 is 11.6 Å². The van der Waals surface area contributed by atoms with Crippen molar-refractivity contribution in [3.05, 3.63) is 34.4 Å². The van der Waals surface area contributed by atoms with Gasteiger partial charge in [-0.15, -0.1) is 10.2 Å². The smallest absolute Gasteiger partial charge is 0.249 e. The van der Waals surface area contributed by atoms with Gasteiger partial charge in [0.1, 0.15) is 11.5 Å². The lowest BCUT2D eigenvalue weighted by Crippen LogP contribution is -2.50. The number of aromatic nitrogens is 2. The average molecular weight is 491 g/mol. The molecule has 1 aromatic carbocycles. The Balaban J connectivity index is 1.79. The Morgan fingerprint density at radius 1 is 1.21 bits per heavy atom. The van der Waals surface area contributed by atoms with E-state index in [0.29, 0.717) is 42.3 Å². The van der Waals surface area contributed by atoms with Gasteiger partial charge in [0.15, 0.2) is 17.8 Å². The molecule has 1 saturated heterocycles. The fourth-order valence-corrected chi connectivity index (χ4v) is 4.71. The standard InChI is InChI=1S/C24H27ClN2O7/c1-13-9-16(29)10-19(31-4)24(13,12-28)34-21-14(2)18(30-3)11-17(20(21)25)23-27-26-22(33-23)15-5-7-32-8-6-15/h10-13,15H,5-9H2,1-4H3/t13-,24+/m1/s1. The first-order valence-corrected chi connectivity index (χ1v) is 11.4. The Labute approximate surface area is 202 Å². The number of ketones is 1. The Kier molecular flexibility index (Phi) is 6.95. The number of benzene rings is 1. The van der Waals surface area contributed by atoms with Crippen LogP contribution in [0.4, 0.5) is 0 Å². The molecular weight excluding hydrogens is 464 g/mol. The lowest BCUT2D eigenvalue weighted by molar-refractivity contribution is -0.130. The van der Waals surface area contributed by atoms with E-state index in [1.807, 2.05) is 0 Å². The minimum Gasteiger partial charge on any atom is -0.496 e. The van der Waals surface area contributed by atoms with Crippen molar-refractivity contribution in [3.8, 4) is 23.0 Å². The molecule has 34 heavy (non-hydrogen) atoms. The highest BCUT2D eigenvalue weighted by atomic mass is 35.5. The molecule has 1 aliphatic carbocycles. The van der Waals surface area contributed by atoms with Crippen LogP contribution in [0.3, 0.4) is 0 Å². The second-order valence-electron chi connectivity index (χ2n) is 8.52. The van der Waals surface area contributed by atoms with Gasteiger partial charge >= 0.3 is 0 Å². The van der Waals surface area contributed by atoms with E-state index in [9.17, 15) is 9.59 Å². The van der Waals surface area contributed by atoms with E-state index in [1.165, 1.54) is 20.3 Å². The van der Waals surface area contributed by atoms with Crippen LogP contribution in [0.5, 0.6) is 11.5 Å². The summed E-state index contributed by atoms with van der Waals surface area (Å²) in [5.74, 6) is 0.990. The molecule has 2 aliphatic rings. The molecule has 182 valence electrons. The van der Waals surface area contributed by atoms with Crippen molar-refractivity contribution in [2.45, 2.75) is 44.6 Å². The summed E-state index contributed by atoms with van der Waals surface area (Å²) in [6, 6.07) is 1.69. The molecule has 0 bridgehead atoms. The molecule has 9 nitrogen and oxygen atoms in total. The molecule has 2 heterocycles. The summed E-state index contributed by atoms with van der Waals surface area (Å²) in [6.07, 6.45) is 3.65. The van der Waals surface area contributed by atoms with E-state index in [-0.39, 0.29) is 40.5 Å². The molecule has 0 unspecified atom stereocenters. The van der Waals surface area contributed by atoms with Crippen LogP contribution in [0.2, 0.25) is 5.02 Å². The number of ether oxygens (including phenoxy) is 4. The zero-order valence-electron chi connectivity index (χ0n) is 19.6. The second-order valence-corrected chi connectivity index (χ2v) is 8.90. The molecule has 0 saturated carbocycles. The van der Waals surface area contributed by atoms with Crippen molar-refractivity contribution in [1.82, 2.24) is 10.2 Å². The first kappa shape index (κ1) is 24.2. The van der Waals surface area contributed by atoms with Crippen LogP contribution in [-0.4, -0.2) is 55.3 Å². The highest BCUT2D eigenvalue weighted by molar-refractivity contribution is 6.35. The zero-order valence-corrected chi connectivity index (χ0v) is 20.3. The summed E-state index contributed by atoms with van der Waals surface area (Å²) in [5, 5.41) is 8.61. The molecule has 1 aliphatic heterocycles. The molecule has 0 N–H and O–H groups in total. The molecule has 4 rings (SSSR count). The molecule has 10 heteroatoms. The third-order valence-corrected chi connectivity index (χ3v) is 6.84. The highest BCUT2D eigenvalue weighted by Crippen LogP contribution is 2.46. The summed E-state index contributed by atoms with van der Waals surface area (Å²) < 4.78 is 28.6. The Bertz CT molecular complexity index is 1120. The van der Waals surface area contributed by atoms with Crippen LogP contribution in [0.1, 0.15) is 43.6 Å². The number of nitrogens with zero attached hydrogens (tertiary/aromatic N) is 2.